The molecule has 0 fully saturated rings. The van der Waals surface area contributed by atoms with Gasteiger partial charge in [-0.05, 0) is 72.6 Å². The van der Waals surface area contributed by atoms with Gasteiger partial charge in [0, 0.05) is 22.8 Å². The molecule has 0 saturated heterocycles. The molecule has 1 aliphatic rings. The zero-order chi connectivity index (χ0) is 26.6. The van der Waals surface area contributed by atoms with Crippen LogP contribution < -0.4 is 9.64 Å². The van der Waals surface area contributed by atoms with Gasteiger partial charge in [-0.25, -0.2) is 0 Å². The summed E-state index contributed by atoms with van der Waals surface area (Å²) in [6, 6.07) is 26.7. The van der Waals surface area contributed by atoms with Crippen LogP contribution >= 0.6 is 15.9 Å². The van der Waals surface area contributed by atoms with Crippen molar-refractivity contribution in [1.29, 1.82) is 0 Å². The molecule has 5 rings (SSSR count). The summed E-state index contributed by atoms with van der Waals surface area (Å²) >= 11 is 3.43. The van der Waals surface area contributed by atoms with E-state index < -0.39 is 0 Å². The molecule has 3 aromatic carbocycles. The van der Waals surface area contributed by atoms with E-state index in [1.165, 1.54) is 0 Å². The topological polar surface area (TPSA) is 54.8 Å². The minimum Gasteiger partial charge on any atom is -0.497 e. The van der Waals surface area contributed by atoms with E-state index in [4.69, 9.17) is 4.74 Å². The molecule has 1 unspecified atom stereocenters. The highest BCUT2D eigenvalue weighted by atomic mass is 79.9. The minimum atomic E-state index is -0.353. The van der Waals surface area contributed by atoms with Gasteiger partial charge < -0.3 is 14.2 Å². The molecule has 0 saturated carbocycles. The molecule has 7 heteroatoms. The largest absolute Gasteiger partial charge is 0.497 e. The van der Waals surface area contributed by atoms with Gasteiger partial charge in [0.25, 0.3) is 5.91 Å². The maximum atomic E-state index is 14.3. The lowest BCUT2D eigenvalue weighted by molar-refractivity contribution is -0.119. The summed E-state index contributed by atoms with van der Waals surface area (Å²) in [4.78, 5) is 31.3. The van der Waals surface area contributed by atoms with Crippen molar-refractivity contribution in [1.82, 2.24) is 9.47 Å². The molecule has 0 spiro atoms. The van der Waals surface area contributed by atoms with Crippen LogP contribution in [0.2, 0.25) is 0 Å². The van der Waals surface area contributed by atoms with Crippen LogP contribution in [0.15, 0.2) is 95.6 Å². The van der Waals surface area contributed by atoms with Crippen LogP contribution in [0, 0.1) is 0 Å². The normalized spacial score (nSPS) is 14.0. The third-order valence-electron chi connectivity index (χ3n) is 6.91. The monoisotopic (exact) mass is 571 g/mol. The van der Waals surface area contributed by atoms with Crippen LogP contribution in [0.1, 0.15) is 47.4 Å². The van der Waals surface area contributed by atoms with Crippen molar-refractivity contribution in [2.75, 3.05) is 25.1 Å². The average molecular weight is 573 g/mol. The second-order valence-electron chi connectivity index (χ2n) is 9.32. The van der Waals surface area contributed by atoms with E-state index >= 15 is 0 Å². The second-order valence-corrected chi connectivity index (χ2v) is 10.2. The van der Waals surface area contributed by atoms with Crippen molar-refractivity contribution < 1.29 is 14.3 Å². The van der Waals surface area contributed by atoms with Gasteiger partial charge in [-0.15, -0.1) is 0 Å². The molecule has 38 heavy (non-hydrogen) atoms. The zero-order valence-corrected chi connectivity index (χ0v) is 23.1. The third-order valence-corrected chi connectivity index (χ3v) is 7.43. The van der Waals surface area contributed by atoms with E-state index in [2.05, 4.69) is 27.4 Å². The predicted molar refractivity (Wildman–Crippen MR) is 153 cm³/mol. The lowest BCUT2D eigenvalue weighted by Gasteiger charge is -2.39. The smallest absolute Gasteiger partial charge is 0.254 e. The van der Waals surface area contributed by atoms with Gasteiger partial charge in [-0.1, -0.05) is 53.5 Å². The number of amides is 2. The molecule has 0 radical (unpaired) electrons. The SMILES string of the molecule is CCCCN(CC(=O)N1c2ccccc2-n2cccc2C1c1ccc(OC)cc1)C(=O)c1ccc(Br)cc1. The standard InChI is InChI=1S/C31H30BrN3O3/c1-3-4-19-33(31(37)23-11-15-24(32)16-12-23)21-29(36)35-27-9-6-5-8-26(27)34-20-7-10-28(34)30(35)22-13-17-25(38-2)18-14-22/h5-18,20,30H,3-4,19,21H2,1-2H3. The molecule has 194 valence electrons. The first-order valence-corrected chi connectivity index (χ1v) is 13.6. The Labute approximate surface area is 231 Å². The van der Waals surface area contributed by atoms with E-state index in [1.54, 1.807) is 24.1 Å². The number of nitrogens with zero attached hydrogens (tertiary/aromatic N) is 3. The number of hydrogen-bond donors (Lipinski definition) is 0. The number of aromatic nitrogens is 1. The predicted octanol–water partition coefficient (Wildman–Crippen LogP) is 6.63. The van der Waals surface area contributed by atoms with Gasteiger partial charge in [0.05, 0.1) is 24.2 Å². The molecule has 1 atom stereocenters. The highest BCUT2D eigenvalue weighted by Crippen LogP contribution is 2.42. The summed E-state index contributed by atoms with van der Waals surface area (Å²) in [6.07, 6.45) is 3.76. The number of carbonyl (C=O) groups excluding carboxylic acids is 2. The molecule has 0 aliphatic carbocycles. The number of benzene rings is 3. The Morgan fingerprint density at radius 2 is 1.63 bits per heavy atom. The zero-order valence-electron chi connectivity index (χ0n) is 21.5. The van der Waals surface area contributed by atoms with Crippen molar-refractivity contribution >= 4 is 33.4 Å². The Morgan fingerprint density at radius 1 is 0.921 bits per heavy atom. The molecule has 2 amide bonds. The lowest BCUT2D eigenvalue weighted by Crippen LogP contribution is -2.47. The molecule has 1 aliphatic heterocycles. The number of anilines is 1. The van der Waals surface area contributed by atoms with Crippen LogP contribution in [-0.2, 0) is 4.79 Å². The number of rotatable bonds is 8. The maximum Gasteiger partial charge on any atom is 0.254 e. The van der Waals surface area contributed by atoms with Gasteiger partial charge in [0.15, 0.2) is 0 Å². The fourth-order valence-corrected chi connectivity index (χ4v) is 5.24. The molecule has 6 nitrogen and oxygen atoms in total. The molecule has 0 bridgehead atoms. The molecular formula is C31H30BrN3O3. The van der Waals surface area contributed by atoms with E-state index in [9.17, 15) is 9.59 Å². The summed E-state index contributed by atoms with van der Waals surface area (Å²) in [6.45, 7) is 2.58. The first-order chi connectivity index (χ1) is 18.5. The summed E-state index contributed by atoms with van der Waals surface area (Å²) < 4.78 is 8.41. The van der Waals surface area contributed by atoms with E-state index in [0.717, 1.165) is 45.7 Å². The Morgan fingerprint density at radius 3 is 2.32 bits per heavy atom. The van der Waals surface area contributed by atoms with Crippen LogP contribution in [0.5, 0.6) is 5.75 Å². The number of halogens is 1. The maximum absolute atomic E-state index is 14.3. The minimum absolute atomic E-state index is 0.0173. The number of methoxy groups -OCH3 is 1. The number of carbonyl (C=O) groups is 2. The van der Waals surface area contributed by atoms with E-state index in [-0.39, 0.29) is 24.4 Å². The fraction of sp³-hybridized carbons (Fsp3) is 0.226. The van der Waals surface area contributed by atoms with E-state index in [0.29, 0.717) is 12.1 Å². The van der Waals surface area contributed by atoms with Crippen LogP contribution in [0.25, 0.3) is 5.69 Å². The Kier molecular flexibility index (Phi) is 7.65. The van der Waals surface area contributed by atoms with Crippen LogP contribution in [0.3, 0.4) is 0 Å². The number of unbranched alkanes of at least 4 members (excludes halogenated alkanes) is 1. The highest BCUT2D eigenvalue weighted by molar-refractivity contribution is 9.10. The van der Waals surface area contributed by atoms with Crippen LogP contribution in [0.4, 0.5) is 5.69 Å². The quantitative estimate of drug-likeness (QED) is 0.238. The molecule has 2 heterocycles. The number of ether oxygens (including phenoxy) is 1. The average Bonchev–Trinajstić information content (AvgIpc) is 3.44. The third kappa shape index (κ3) is 4.98. The number of hydrogen-bond acceptors (Lipinski definition) is 3. The van der Waals surface area contributed by atoms with Crippen molar-refractivity contribution in [2.24, 2.45) is 0 Å². The van der Waals surface area contributed by atoms with Gasteiger partial charge in [-0.2, -0.15) is 0 Å². The van der Waals surface area contributed by atoms with Crippen LogP contribution in [-0.4, -0.2) is 41.5 Å². The number of para-hydroxylation sites is 2. The van der Waals surface area contributed by atoms with Crippen molar-refractivity contribution in [3.63, 3.8) is 0 Å². The summed E-state index contributed by atoms with van der Waals surface area (Å²) in [5.41, 5.74) is 4.27. The highest BCUT2D eigenvalue weighted by Gasteiger charge is 2.37. The molecular weight excluding hydrogens is 542 g/mol. The Balaban J connectivity index is 1.54. The summed E-state index contributed by atoms with van der Waals surface area (Å²) in [5.74, 6) is 0.477. The van der Waals surface area contributed by atoms with Gasteiger partial charge in [0.2, 0.25) is 5.91 Å². The first-order valence-electron chi connectivity index (χ1n) is 12.8. The van der Waals surface area contributed by atoms with Crippen molar-refractivity contribution in [3.8, 4) is 11.4 Å². The lowest BCUT2D eigenvalue weighted by atomic mass is 9.97. The van der Waals surface area contributed by atoms with Crippen molar-refractivity contribution in [3.05, 3.63) is 112 Å². The van der Waals surface area contributed by atoms with Gasteiger partial charge >= 0.3 is 0 Å². The number of fused-ring (bicyclic) bond motifs is 3. The second kappa shape index (κ2) is 11.3. The molecule has 1 aromatic heterocycles. The Hall–Kier alpha value is -3.84. The summed E-state index contributed by atoms with van der Waals surface area (Å²) in [7, 11) is 1.64. The van der Waals surface area contributed by atoms with Gasteiger partial charge in [-0.3, -0.25) is 14.5 Å². The fourth-order valence-electron chi connectivity index (χ4n) is 4.98. The molecule has 0 N–H and O–H groups in total. The Bertz CT molecular complexity index is 1430. The summed E-state index contributed by atoms with van der Waals surface area (Å²) in [5, 5.41) is 0. The molecule has 4 aromatic rings. The first kappa shape index (κ1) is 25.8. The van der Waals surface area contributed by atoms with Crippen molar-refractivity contribution in [2.45, 2.75) is 25.8 Å². The van der Waals surface area contributed by atoms with Gasteiger partial charge in [0.1, 0.15) is 18.3 Å². The van der Waals surface area contributed by atoms with E-state index in [1.807, 2.05) is 83.9 Å².